The van der Waals surface area contributed by atoms with Crippen molar-refractivity contribution in [1.82, 2.24) is 35.9 Å². The average Bonchev–Trinajstić information content (AvgIpc) is 3.75. The van der Waals surface area contributed by atoms with Crippen molar-refractivity contribution in [2.45, 2.75) is 120 Å². The van der Waals surface area contributed by atoms with Crippen LogP contribution in [0.3, 0.4) is 0 Å². The molecule has 70 heavy (non-hydrogen) atoms. The first-order valence-electron chi connectivity index (χ1n) is 24.1. The lowest BCUT2D eigenvalue weighted by atomic mass is 9.79. The highest BCUT2D eigenvalue weighted by Gasteiger charge is 2.48. The van der Waals surface area contributed by atoms with Crippen LogP contribution >= 0.6 is 11.8 Å². The molecule has 1 aromatic heterocycles. The molecule has 20 heteroatoms. The third-order valence-corrected chi connectivity index (χ3v) is 14.3. The second-order valence-electron chi connectivity index (χ2n) is 19.3. The molecule has 3 saturated heterocycles. The van der Waals surface area contributed by atoms with Gasteiger partial charge in [0.05, 0.1) is 11.9 Å². The summed E-state index contributed by atoms with van der Waals surface area (Å²) in [5, 5.41) is 20.2. The van der Waals surface area contributed by atoms with E-state index in [4.69, 9.17) is 5.73 Å². The van der Waals surface area contributed by atoms with Crippen molar-refractivity contribution in [3.63, 3.8) is 0 Å². The summed E-state index contributed by atoms with van der Waals surface area (Å²) in [5.41, 5.74) is 8.76. The van der Waals surface area contributed by atoms with Gasteiger partial charge in [0.15, 0.2) is 5.82 Å². The number of carbonyl (C=O) groups excluding carboxylic acids is 4. The Bertz CT molecular complexity index is 2390. The van der Waals surface area contributed by atoms with Crippen molar-refractivity contribution >= 4 is 58.7 Å². The highest BCUT2D eigenvalue weighted by molar-refractivity contribution is 8.15. The summed E-state index contributed by atoms with van der Waals surface area (Å²) < 4.78 is 43.3. The quantitative estimate of drug-likeness (QED) is 0.0552. The molecule has 4 amide bonds. The maximum Gasteiger partial charge on any atom is 0.409 e. The van der Waals surface area contributed by atoms with Gasteiger partial charge in [0.25, 0.3) is 0 Å². The van der Waals surface area contributed by atoms with Crippen LogP contribution in [0.1, 0.15) is 99.6 Å². The molecule has 3 fully saturated rings. The summed E-state index contributed by atoms with van der Waals surface area (Å²) in [5.74, 6) is -0.403. The van der Waals surface area contributed by atoms with E-state index in [0.29, 0.717) is 36.3 Å². The van der Waals surface area contributed by atoms with Crippen LogP contribution in [0.15, 0.2) is 81.9 Å². The minimum absolute atomic E-state index is 0.0119. The molecule has 2 aromatic carbocycles. The topological polar surface area (TPSA) is 203 Å². The molecular formula is C50H65F3N12O4S. The van der Waals surface area contributed by atoms with Crippen molar-refractivity contribution in [1.29, 1.82) is 0 Å². The van der Waals surface area contributed by atoms with Gasteiger partial charge in [-0.2, -0.15) is 18.3 Å². The fourth-order valence-electron chi connectivity index (χ4n) is 9.37. The molecule has 4 aliphatic rings. The highest BCUT2D eigenvalue weighted by atomic mass is 32.2. The fraction of sp³-hybridized carbons (Fsp3) is 0.520. The zero-order valence-electron chi connectivity index (χ0n) is 40.0. The Morgan fingerprint density at radius 1 is 1.04 bits per heavy atom. The molecule has 3 atom stereocenters. The molecule has 16 nitrogen and oxygen atoms in total. The second kappa shape index (κ2) is 23.9. The molecule has 4 aliphatic heterocycles. The van der Waals surface area contributed by atoms with Gasteiger partial charge >= 0.3 is 6.18 Å². The van der Waals surface area contributed by atoms with Crippen LogP contribution in [0.5, 0.6) is 0 Å². The van der Waals surface area contributed by atoms with Crippen LogP contribution < -0.4 is 31.9 Å². The fourth-order valence-corrected chi connectivity index (χ4v) is 10.2. The predicted octanol–water partition coefficient (Wildman–Crippen LogP) is 6.18. The number of nitrogens with one attached hydrogen (secondary N) is 4. The molecule has 7 rings (SSSR count). The van der Waals surface area contributed by atoms with E-state index >= 15 is 0 Å². The Kier molecular flexibility index (Phi) is 17.8. The van der Waals surface area contributed by atoms with Gasteiger partial charge in [-0.15, -0.1) is 5.10 Å². The maximum absolute atomic E-state index is 14.4. The van der Waals surface area contributed by atoms with E-state index in [0.717, 1.165) is 105 Å². The summed E-state index contributed by atoms with van der Waals surface area (Å²) in [7, 11) is 0. The molecule has 3 aromatic rings. The lowest BCUT2D eigenvalue weighted by Crippen LogP contribution is -2.57. The maximum atomic E-state index is 14.4. The number of halogens is 3. The number of thioether (sulfide) groups is 1. The number of unbranched alkanes of at least 4 members (excludes halogenated alkanes) is 3. The summed E-state index contributed by atoms with van der Waals surface area (Å²) in [6, 6.07) is 13.0. The lowest BCUT2D eigenvalue weighted by Gasteiger charge is -2.48. The van der Waals surface area contributed by atoms with E-state index in [9.17, 15) is 32.3 Å². The number of nitrogens with zero attached hydrogens (tertiary/aromatic N) is 7. The van der Waals surface area contributed by atoms with Crippen LogP contribution in [0.2, 0.25) is 0 Å². The number of amides is 4. The number of hydrogen-bond donors (Lipinski definition) is 5. The smallest absolute Gasteiger partial charge is 0.390 e. The van der Waals surface area contributed by atoms with E-state index in [1.807, 2.05) is 44.3 Å². The average molecular weight is 987 g/mol. The summed E-state index contributed by atoms with van der Waals surface area (Å²) in [6.07, 6.45) is 8.40. The zero-order valence-corrected chi connectivity index (χ0v) is 40.8. The summed E-state index contributed by atoms with van der Waals surface area (Å²) in [4.78, 5) is 64.7. The minimum Gasteiger partial charge on any atom is -0.390 e. The molecule has 1 spiro atoms. The molecule has 0 saturated carbocycles. The van der Waals surface area contributed by atoms with Gasteiger partial charge < -0.3 is 31.1 Å². The number of aryl methyl sites for hydroxylation is 1. The zero-order chi connectivity index (χ0) is 49.7. The number of nitrogens with two attached hydrogens (primary N) is 1. The Hall–Kier alpha value is -5.70. The minimum atomic E-state index is -4.65. The summed E-state index contributed by atoms with van der Waals surface area (Å²) >= 11 is 1.48. The van der Waals surface area contributed by atoms with Gasteiger partial charge in [-0.05, 0) is 106 Å². The van der Waals surface area contributed by atoms with E-state index in [-0.39, 0.29) is 48.5 Å². The van der Waals surface area contributed by atoms with Gasteiger partial charge in [0.1, 0.15) is 17.1 Å². The molecule has 0 aliphatic carbocycles. The Morgan fingerprint density at radius 2 is 1.87 bits per heavy atom. The van der Waals surface area contributed by atoms with E-state index < -0.39 is 30.1 Å². The van der Waals surface area contributed by atoms with Gasteiger partial charge in [0, 0.05) is 99.1 Å². The van der Waals surface area contributed by atoms with E-state index in [1.165, 1.54) is 22.7 Å². The Morgan fingerprint density at radius 3 is 2.64 bits per heavy atom. The standard InChI is InChI=1S/C50H65F3N12O4S/c1-35-11-12-36(26-37(35)30-65(34-66)41-14-16-44(68)60-47(41)69)28-58-46(50(51,52)53)40-13-15-42(62-61-40)64-25-19-49(33-64)31-63(32-49)24-6-4-3-5-10-43(67)59-38-8-7-9-39(27-38)70-45-29-56-21-18-48(2,54)17-20-55-22-23-57-45/h7-9,11-13,15,22-23,26-27,29,34,41,46,55,58H,3-6,10,14,16-21,24-25,28,30-33,54H2,1-2H3,(H,59,67)(H,60,68,69)/b23-22+,56-29-,57-45+. The van der Waals surface area contributed by atoms with Crippen LogP contribution in [-0.4, -0.2) is 119 Å². The monoisotopic (exact) mass is 986 g/mol. The molecule has 5 heterocycles. The number of aliphatic imine (C=N–C) groups is 2. The normalized spacial score (nSPS) is 22.9. The number of alkyl halides is 3. The number of aromatic nitrogens is 2. The summed E-state index contributed by atoms with van der Waals surface area (Å²) in [6.45, 7) is 9.60. The number of anilines is 2. The number of rotatable bonds is 18. The molecule has 6 N–H and O–H groups in total. The number of imide groups is 1. The largest absolute Gasteiger partial charge is 0.409 e. The third-order valence-electron chi connectivity index (χ3n) is 13.4. The lowest BCUT2D eigenvalue weighted by molar-refractivity contribution is -0.159. The Labute approximate surface area is 412 Å². The van der Waals surface area contributed by atoms with E-state index in [1.54, 1.807) is 36.7 Å². The van der Waals surface area contributed by atoms with Crippen molar-refractivity contribution in [3.05, 3.63) is 89.4 Å². The Balaban J connectivity index is 0.799. The molecule has 0 bridgehead atoms. The molecule has 376 valence electrons. The SMILES string of the molecule is Cc1ccc(CNC(c2ccc(N3CCC4(CN(CCCCCCC(=O)Nc5cccc(SC6=N/C=C/NCCC(C)(N)CC/N=C\6)c5)C4)C3)nn2)C(F)(F)F)cc1CN(C=O)C1CCC(=O)NC1=O. The first-order chi connectivity index (χ1) is 33.6. The van der Waals surface area contributed by atoms with Crippen LogP contribution in [0, 0.1) is 12.3 Å². The van der Waals surface area contributed by atoms with E-state index in [2.05, 4.69) is 51.2 Å². The first kappa shape index (κ1) is 52.1. The number of benzene rings is 2. The first-order valence-corrected chi connectivity index (χ1v) is 25.0. The van der Waals surface area contributed by atoms with Gasteiger partial charge in [-0.3, -0.25) is 34.8 Å². The van der Waals surface area contributed by atoms with Crippen LogP contribution in [-0.2, 0) is 32.3 Å². The van der Waals surface area contributed by atoms with Crippen LogP contribution in [0.25, 0.3) is 0 Å². The van der Waals surface area contributed by atoms with Gasteiger partial charge in [-0.1, -0.05) is 48.9 Å². The van der Waals surface area contributed by atoms with Crippen molar-refractivity contribution in [3.8, 4) is 0 Å². The molecule has 0 radical (unpaired) electrons. The highest BCUT2D eigenvalue weighted by Crippen LogP contribution is 2.41. The number of carbonyl (C=O) groups is 4. The number of likely N-dealkylation sites (tertiary alicyclic amines) is 1. The number of piperidine rings is 1. The van der Waals surface area contributed by atoms with Crippen molar-refractivity contribution in [2.24, 2.45) is 21.1 Å². The number of hydrogen-bond acceptors (Lipinski definition) is 14. The molecular weight excluding hydrogens is 922 g/mol. The van der Waals surface area contributed by atoms with Gasteiger partial charge in [0.2, 0.25) is 24.1 Å². The predicted molar refractivity (Wildman–Crippen MR) is 266 cm³/mol. The third kappa shape index (κ3) is 14.9. The molecule has 3 unspecified atom stereocenters. The van der Waals surface area contributed by atoms with Gasteiger partial charge in [-0.25, -0.2) is 4.99 Å². The van der Waals surface area contributed by atoms with Crippen LogP contribution in [0.4, 0.5) is 24.7 Å². The second-order valence-corrected chi connectivity index (χ2v) is 20.4. The van der Waals surface area contributed by atoms with Crippen molar-refractivity contribution in [2.75, 3.05) is 56.0 Å². The van der Waals surface area contributed by atoms with Crippen molar-refractivity contribution < 1.29 is 32.3 Å².